The summed E-state index contributed by atoms with van der Waals surface area (Å²) in [5, 5.41) is 10.6. The van der Waals surface area contributed by atoms with Crippen molar-refractivity contribution in [3.05, 3.63) is 76.6 Å². The van der Waals surface area contributed by atoms with Gasteiger partial charge < -0.3 is 24.5 Å². The molecule has 0 saturated heterocycles. The smallest absolute Gasteiger partial charge is 0.348 e. The number of aromatic nitrogens is 2. The van der Waals surface area contributed by atoms with Crippen molar-refractivity contribution in [2.45, 2.75) is 32.9 Å². The first-order valence-corrected chi connectivity index (χ1v) is 10.8. The molecule has 4 heterocycles. The summed E-state index contributed by atoms with van der Waals surface area (Å²) in [4.78, 5) is 35.4. The van der Waals surface area contributed by atoms with Gasteiger partial charge in [-0.3, -0.25) is 4.79 Å². The monoisotopic (exact) mass is 445 g/mol. The molecule has 0 aliphatic carbocycles. The number of rotatable bonds is 4. The van der Waals surface area contributed by atoms with E-state index in [1.807, 2.05) is 23.1 Å². The maximum atomic E-state index is 13.3. The number of aromatic hydroxyl groups is 1. The second-order valence-corrected chi connectivity index (χ2v) is 8.34. The number of phenols is 1. The van der Waals surface area contributed by atoms with Gasteiger partial charge in [-0.2, -0.15) is 0 Å². The number of pyridine rings is 1. The van der Waals surface area contributed by atoms with E-state index in [1.165, 1.54) is 0 Å². The second kappa shape index (κ2) is 8.12. The van der Waals surface area contributed by atoms with Gasteiger partial charge in [-0.15, -0.1) is 0 Å². The molecule has 3 aromatic rings. The number of phenolic OH excluding ortho intramolecular Hbond substituents is 1. The molecule has 2 aliphatic heterocycles. The highest BCUT2D eigenvalue weighted by molar-refractivity contribution is 6.26. The average Bonchev–Trinajstić information content (AvgIpc) is 3.34. The molecule has 0 saturated carbocycles. The SMILES string of the molecule is CC(C)OC(=O)C1=C(N2CCc3cc(O)ccc3C2)O/C(=C\c2c[nH]c3ncccc23)C1=O. The molecule has 0 amide bonds. The average molecular weight is 445 g/mol. The number of H-pyrrole nitrogens is 1. The molecule has 0 bridgehead atoms. The highest BCUT2D eigenvalue weighted by Gasteiger charge is 2.40. The van der Waals surface area contributed by atoms with E-state index in [-0.39, 0.29) is 29.1 Å². The summed E-state index contributed by atoms with van der Waals surface area (Å²) in [6.07, 6.45) is 5.31. The molecule has 2 N–H and O–H groups in total. The zero-order chi connectivity index (χ0) is 23.1. The van der Waals surface area contributed by atoms with Crippen LogP contribution >= 0.6 is 0 Å². The summed E-state index contributed by atoms with van der Waals surface area (Å²) in [7, 11) is 0. The molecule has 0 radical (unpaired) electrons. The third-order valence-corrected chi connectivity index (χ3v) is 5.68. The van der Waals surface area contributed by atoms with Crippen molar-refractivity contribution >= 4 is 28.9 Å². The van der Waals surface area contributed by atoms with Crippen molar-refractivity contribution in [2.24, 2.45) is 0 Å². The third kappa shape index (κ3) is 3.84. The predicted molar refractivity (Wildman–Crippen MR) is 121 cm³/mol. The molecule has 0 atom stereocenters. The minimum Gasteiger partial charge on any atom is -0.508 e. The Hall–Kier alpha value is -4.07. The number of hydrogen-bond donors (Lipinski definition) is 2. The fraction of sp³-hybridized carbons (Fsp3) is 0.240. The normalized spacial score (nSPS) is 17.1. The molecule has 8 heteroatoms. The summed E-state index contributed by atoms with van der Waals surface area (Å²) < 4.78 is 11.4. The maximum absolute atomic E-state index is 13.3. The van der Waals surface area contributed by atoms with Gasteiger partial charge in [0.05, 0.1) is 6.10 Å². The van der Waals surface area contributed by atoms with E-state index in [0.29, 0.717) is 25.2 Å². The minimum atomic E-state index is -0.703. The van der Waals surface area contributed by atoms with Gasteiger partial charge in [0.1, 0.15) is 11.4 Å². The highest BCUT2D eigenvalue weighted by atomic mass is 16.6. The molecular weight excluding hydrogens is 422 g/mol. The van der Waals surface area contributed by atoms with Gasteiger partial charge in [0.25, 0.3) is 0 Å². The second-order valence-electron chi connectivity index (χ2n) is 8.34. The Morgan fingerprint density at radius 2 is 2.15 bits per heavy atom. The number of Topliss-reactive ketones (excluding diaryl/α,β-unsaturated/α-hetero) is 1. The summed E-state index contributed by atoms with van der Waals surface area (Å²) >= 11 is 0. The Labute approximate surface area is 190 Å². The number of esters is 1. The number of allylic oxidation sites excluding steroid dienone is 1. The lowest BCUT2D eigenvalue weighted by Crippen LogP contribution is -2.32. The van der Waals surface area contributed by atoms with E-state index in [2.05, 4.69) is 9.97 Å². The largest absolute Gasteiger partial charge is 0.508 e. The van der Waals surface area contributed by atoms with Crippen molar-refractivity contribution in [2.75, 3.05) is 6.54 Å². The lowest BCUT2D eigenvalue weighted by atomic mass is 9.99. The standard InChI is InChI=1S/C25H23N3O5/c1-14(2)32-25(31)21-22(30)20(11-17-12-27-23-19(17)4-3-8-26-23)33-24(21)28-9-7-15-10-18(29)6-5-16(15)13-28/h3-6,8,10-12,14,29H,7,9,13H2,1-2H3,(H,26,27)/b20-11-. The van der Waals surface area contributed by atoms with Crippen LogP contribution in [0.15, 0.2) is 59.9 Å². The molecule has 33 heavy (non-hydrogen) atoms. The lowest BCUT2D eigenvalue weighted by Gasteiger charge is -2.30. The van der Waals surface area contributed by atoms with Crippen LogP contribution in [-0.4, -0.2) is 44.4 Å². The highest BCUT2D eigenvalue weighted by Crippen LogP contribution is 2.34. The number of ether oxygens (including phenoxy) is 2. The zero-order valence-electron chi connectivity index (χ0n) is 18.3. The summed E-state index contributed by atoms with van der Waals surface area (Å²) in [5.74, 6) is -0.736. The van der Waals surface area contributed by atoms with Crippen LogP contribution in [0.25, 0.3) is 17.1 Å². The summed E-state index contributed by atoms with van der Waals surface area (Å²) in [6, 6.07) is 8.92. The molecule has 168 valence electrons. The summed E-state index contributed by atoms with van der Waals surface area (Å²) in [5.41, 5.74) is 3.36. The van der Waals surface area contributed by atoms with E-state index in [0.717, 1.165) is 22.1 Å². The number of aromatic amines is 1. The number of nitrogens with one attached hydrogen (secondary N) is 1. The Morgan fingerprint density at radius 3 is 2.97 bits per heavy atom. The molecule has 8 nitrogen and oxygen atoms in total. The molecule has 1 aromatic carbocycles. The number of carbonyl (C=O) groups excluding carboxylic acids is 2. The Morgan fingerprint density at radius 1 is 1.30 bits per heavy atom. The van der Waals surface area contributed by atoms with Crippen LogP contribution in [0.1, 0.15) is 30.5 Å². The van der Waals surface area contributed by atoms with Gasteiger partial charge in [0.2, 0.25) is 11.7 Å². The predicted octanol–water partition coefficient (Wildman–Crippen LogP) is 3.43. The van der Waals surface area contributed by atoms with Crippen molar-refractivity contribution in [3.63, 3.8) is 0 Å². The van der Waals surface area contributed by atoms with Crippen LogP contribution in [0.3, 0.4) is 0 Å². The molecule has 2 aliphatic rings. The van der Waals surface area contributed by atoms with Gasteiger partial charge in [0.15, 0.2) is 11.3 Å². The van der Waals surface area contributed by atoms with Crippen LogP contribution < -0.4 is 0 Å². The molecule has 0 fully saturated rings. The number of carbonyl (C=O) groups is 2. The van der Waals surface area contributed by atoms with Crippen LogP contribution in [0.2, 0.25) is 0 Å². The molecule has 2 aromatic heterocycles. The fourth-order valence-corrected chi connectivity index (χ4v) is 4.14. The first-order chi connectivity index (χ1) is 15.9. The number of ketones is 1. The number of fused-ring (bicyclic) bond motifs is 2. The first-order valence-electron chi connectivity index (χ1n) is 10.8. The van der Waals surface area contributed by atoms with E-state index in [9.17, 15) is 14.7 Å². The maximum Gasteiger partial charge on any atom is 0.348 e. The number of nitrogens with zero attached hydrogens (tertiary/aromatic N) is 2. The van der Waals surface area contributed by atoms with E-state index < -0.39 is 11.8 Å². The third-order valence-electron chi connectivity index (χ3n) is 5.68. The van der Waals surface area contributed by atoms with Crippen molar-refractivity contribution in [3.8, 4) is 5.75 Å². The summed E-state index contributed by atoms with van der Waals surface area (Å²) in [6.45, 7) is 4.44. The number of benzene rings is 1. The Bertz CT molecular complexity index is 1330. The molecule has 0 unspecified atom stereocenters. The molecule has 5 rings (SSSR count). The topological polar surface area (TPSA) is 105 Å². The quantitative estimate of drug-likeness (QED) is 0.360. The van der Waals surface area contributed by atoms with Crippen molar-refractivity contribution in [1.82, 2.24) is 14.9 Å². The lowest BCUT2D eigenvalue weighted by molar-refractivity contribution is -0.143. The van der Waals surface area contributed by atoms with Gasteiger partial charge in [0, 0.05) is 36.4 Å². The van der Waals surface area contributed by atoms with Gasteiger partial charge in [-0.25, -0.2) is 9.78 Å². The van der Waals surface area contributed by atoms with Gasteiger partial charge in [-0.1, -0.05) is 6.07 Å². The number of hydrogen-bond acceptors (Lipinski definition) is 7. The van der Waals surface area contributed by atoms with E-state index in [4.69, 9.17) is 9.47 Å². The minimum absolute atomic E-state index is 0.0574. The van der Waals surface area contributed by atoms with E-state index >= 15 is 0 Å². The van der Waals surface area contributed by atoms with Crippen molar-refractivity contribution in [1.29, 1.82) is 0 Å². The fourth-order valence-electron chi connectivity index (χ4n) is 4.14. The van der Waals surface area contributed by atoms with Gasteiger partial charge >= 0.3 is 5.97 Å². The van der Waals surface area contributed by atoms with Crippen molar-refractivity contribution < 1.29 is 24.2 Å². The van der Waals surface area contributed by atoms with Crippen LogP contribution in [0.5, 0.6) is 5.75 Å². The van der Waals surface area contributed by atoms with Gasteiger partial charge in [-0.05, 0) is 61.7 Å². The molecular formula is C25H23N3O5. The van der Waals surface area contributed by atoms with Crippen LogP contribution in [-0.2, 0) is 32.0 Å². The zero-order valence-corrected chi connectivity index (χ0v) is 18.3. The first kappa shape index (κ1) is 20.8. The van der Waals surface area contributed by atoms with Crippen LogP contribution in [0.4, 0.5) is 0 Å². The Kier molecular flexibility index (Phi) is 5.12. The van der Waals surface area contributed by atoms with E-state index in [1.54, 1.807) is 44.4 Å². The Balaban J connectivity index is 1.52. The van der Waals surface area contributed by atoms with Crippen LogP contribution in [0, 0.1) is 0 Å². The molecule has 0 spiro atoms.